The third kappa shape index (κ3) is 2.31. The molecule has 0 aromatic rings. The molecule has 0 atom stereocenters. The van der Waals surface area contributed by atoms with Crippen molar-refractivity contribution < 1.29 is 4.79 Å². The molecular weight excluding hydrogens is 186 g/mol. The first kappa shape index (κ1) is 10.5. The van der Waals surface area contributed by atoms with Gasteiger partial charge in [0.1, 0.15) is 0 Å². The van der Waals surface area contributed by atoms with E-state index in [9.17, 15) is 4.79 Å². The zero-order valence-corrected chi connectivity index (χ0v) is 9.46. The maximum atomic E-state index is 12.2. The second-order valence-electron chi connectivity index (χ2n) is 4.49. The van der Waals surface area contributed by atoms with E-state index in [0.29, 0.717) is 0 Å². The van der Waals surface area contributed by atoms with E-state index >= 15 is 0 Å². The van der Waals surface area contributed by atoms with Gasteiger partial charge in [-0.25, -0.2) is 0 Å². The van der Waals surface area contributed by atoms with Gasteiger partial charge in [-0.2, -0.15) is 0 Å². The molecule has 0 saturated carbocycles. The molecule has 0 aromatic carbocycles. The molecule has 2 aliphatic rings. The molecule has 0 unspecified atom stereocenters. The van der Waals surface area contributed by atoms with Crippen molar-refractivity contribution in [1.29, 1.82) is 0 Å². The summed E-state index contributed by atoms with van der Waals surface area (Å²) >= 11 is 0. The summed E-state index contributed by atoms with van der Waals surface area (Å²) in [6.45, 7) is 3.98. The second-order valence-corrected chi connectivity index (χ2v) is 4.49. The van der Waals surface area contributed by atoms with Crippen molar-refractivity contribution in [1.82, 2.24) is 4.90 Å². The number of amides is 1. The van der Waals surface area contributed by atoms with Crippen LogP contribution in [-0.2, 0) is 4.79 Å². The van der Waals surface area contributed by atoms with Crippen molar-refractivity contribution >= 4 is 5.91 Å². The van der Waals surface area contributed by atoms with Crippen LogP contribution >= 0.6 is 0 Å². The minimum absolute atomic E-state index is 0.253. The fourth-order valence-corrected chi connectivity index (χ4v) is 2.30. The maximum absolute atomic E-state index is 12.2. The molecule has 1 amide bonds. The molecule has 15 heavy (non-hydrogen) atoms. The normalized spacial score (nSPS) is 22.1. The Morgan fingerprint density at radius 3 is 2.67 bits per heavy atom. The standard InChI is InChI=1S/C13H19NO/c1-11-7-3-4-8-12(11)13(15)14-9-5-2-6-10-14/h4,8H,2-3,5-7,9-10H2,1H3. The van der Waals surface area contributed by atoms with E-state index in [0.717, 1.165) is 31.5 Å². The number of carbonyl (C=O) groups excluding carboxylic acids is 1. The largest absolute Gasteiger partial charge is 0.339 e. The third-order valence-corrected chi connectivity index (χ3v) is 3.30. The lowest BCUT2D eigenvalue weighted by molar-refractivity contribution is -0.127. The fourth-order valence-electron chi connectivity index (χ4n) is 2.30. The highest BCUT2D eigenvalue weighted by Crippen LogP contribution is 2.21. The minimum Gasteiger partial charge on any atom is -0.339 e. The Bertz CT molecular complexity index is 308. The van der Waals surface area contributed by atoms with Crippen molar-refractivity contribution in [2.45, 2.75) is 39.0 Å². The first-order valence-electron chi connectivity index (χ1n) is 5.94. The first-order valence-corrected chi connectivity index (χ1v) is 5.94. The van der Waals surface area contributed by atoms with Crippen molar-refractivity contribution in [3.63, 3.8) is 0 Å². The highest BCUT2D eigenvalue weighted by atomic mass is 16.2. The number of rotatable bonds is 1. The molecule has 1 saturated heterocycles. The molecule has 82 valence electrons. The van der Waals surface area contributed by atoms with Crippen LogP contribution in [0.15, 0.2) is 23.3 Å². The Kier molecular flexibility index (Phi) is 3.24. The van der Waals surface area contributed by atoms with Crippen molar-refractivity contribution in [3.05, 3.63) is 23.3 Å². The summed E-state index contributed by atoms with van der Waals surface area (Å²) in [7, 11) is 0. The lowest BCUT2D eigenvalue weighted by atomic mass is 9.97. The van der Waals surface area contributed by atoms with Gasteiger partial charge in [0.05, 0.1) is 0 Å². The van der Waals surface area contributed by atoms with E-state index in [1.54, 1.807) is 0 Å². The SMILES string of the molecule is CC1=C(C(=O)N2CCCCC2)C=CCC1. The van der Waals surface area contributed by atoms with Gasteiger partial charge in [-0.05, 0) is 39.0 Å². The van der Waals surface area contributed by atoms with Crippen molar-refractivity contribution in [2.24, 2.45) is 0 Å². The van der Waals surface area contributed by atoms with Crippen LogP contribution < -0.4 is 0 Å². The summed E-state index contributed by atoms with van der Waals surface area (Å²) in [6.07, 6.45) is 9.87. The van der Waals surface area contributed by atoms with Gasteiger partial charge in [0, 0.05) is 18.7 Å². The summed E-state index contributed by atoms with van der Waals surface area (Å²) in [5, 5.41) is 0. The zero-order valence-electron chi connectivity index (χ0n) is 9.46. The highest BCUT2D eigenvalue weighted by molar-refractivity contribution is 5.97. The predicted molar refractivity (Wildman–Crippen MR) is 61.5 cm³/mol. The summed E-state index contributed by atoms with van der Waals surface area (Å²) in [5.41, 5.74) is 2.20. The Hall–Kier alpha value is -1.05. The second kappa shape index (κ2) is 4.65. The van der Waals surface area contributed by atoms with Crippen LogP contribution in [0.25, 0.3) is 0 Å². The van der Waals surface area contributed by atoms with Crippen LogP contribution in [0.2, 0.25) is 0 Å². The highest BCUT2D eigenvalue weighted by Gasteiger charge is 2.20. The first-order chi connectivity index (χ1) is 7.29. The van der Waals surface area contributed by atoms with Crippen LogP contribution in [0.5, 0.6) is 0 Å². The lowest BCUT2D eigenvalue weighted by Crippen LogP contribution is -2.36. The molecule has 2 heteroatoms. The molecule has 1 aliphatic heterocycles. The number of allylic oxidation sites excluding steroid dienone is 2. The van der Waals surface area contributed by atoms with E-state index in [4.69, 9.17) is 0 Å². The van der Waals surface area contributed by atoms with Gasteiger partial charge in [0.25, 0.3) is 5.91 Å². The third-order valence-electron chi connectivity index (χ3n) is 3.30. The molecule has 1 fully saturated rings. The molecule has 2 rings (SSSR count). The Morgan fingerprint density at radius 1 is 1.27 bits per heavy atom. The van der Waals surface area contributed by atoms with Crippen LogP contribution in [0.4, 0.5) is 0 Å². The fraction of sp³-hybridized carbons (Fsp3) is 0.615. The average Bonchev–Trinajstić information content (AvgIpc) is 2.30. The molecule has 0 bridgehead atoms. The van der Waals surface area contributed by atoms with Gasteiger partial charge in [0.15, 0.2) is 0 Å². The summed E-state index contributed by atoms with van der Waals surface area (Å²) in [6, 6.07) is 0. The molecule has 0 N–H and O–H groups in total. The van der Waals surface area contributed by atoms with Crippen molar-refractivity contribution in [3.8, 4) is 0 Å². The lowest BCUT2D eigenvalue weighted by Gasteiger charge is -2.28. The number of hydrogen-bond acceptors (Lipinski definition) is 1. The van der Waals surface area contributed by atoms with E-state index in [-0.39, 0.29) is 5.91 Å². The van der Waals surface area contributed by atoms with Crippen LogP contribution in [0.3, 0.4) is 0 Å². The average molecular weight is 205 g/mol. The zero-order chi connectivity index (χ0) is 10.7. The van der Waals surface area contributed by atoms with Gasteiger partial charge in [-0.1, -0.05) is 17.7 Å². The number of piperidine rings is 1. The summed E-state index contributed by atoms with van der Waals surface area (Å²) in [4.78, 5) is 14.2. The van der Waals surface area contributed by atoms with Crippen LogP contribution in [0.1, 0.15) is 39.0 Å². The van der Waals surface area contributed by atoms with Crippen LogP contribution in [0, 0.1) is 0 Å². The molecule has 0 aromatic heterocycles. The van der Waals surface area contributed by atoms with Crippen molar-refractivity contribution in [2.75, 3.05) is 13.1 Å². The van der Waals surface area contributed by atoms with Gasteiger partial charge in [-0.15, -0.1) is 0 Å². The molecule has 2 nitrogen and oxygen atoms in total. The minimum atomic E-state index is 0.253. The Labute approximate surface area is 91.6 Å². The number of nitrogens with zero attached hydrogens (tertiary/aromatic N) is 1. The Balaban J connectivity index is 2.09. The molecule has 1 heterocycles. The molecule has 0 radical (unpaired) electrons. The van der Waals surface area contributed by atoms with Gasteiger partial charge >= 0.3 is 0 Å². The maximum Gasteiger partial charge on any atom is 0.253 e. The van der Waals surface area contributed by atoms with Gasteiger partial charge in [0.2, 0.25) is 0 Å². The monoisotopic (exact) mass is 205 g/mol. The van der Waals surface area contributed by atoms with E-state index < -0.39 is 0 Å². The van der Waals surface area contributed by atoms with E-state index in [1.807, 2.05) is 11.0 Å². The predicted octanol–water partition coefficient (Wildman–Crippen LogP) is 2.67. The molecule has 0 spiro atoms. The number of carbonyl (C=O) groups is 1. The summed E-state index contributed by atoms with van der Waals surface area (Å²) < 4.78 is 0. The van der Waals surface area contributed by atoms with Crippen LogP contribution in [-0.4, -0.2) is 23.9 Å². The number of likely N-dealkylation sites (tertiary alicyclic amines) is 1. The topological polar surface area (TPSA) is 20.3 Å². The Morgan fingerprint density at radius 2 is 2.00 bits per heavy atom. The smallest absolute Gasteiger partial charge is 0.253 e. The van der Waals surface area contributed by atoms with Gasteiger partial charge in [-0.3, -0.25) is 4.79 Å². The molecule has 1 aliphatic carbocycles. The quantitative estimate of drug-likeness (QED) is 0.644. The molecular formula is C13H19NO. The van der Waals surface area contributed by atoms with E-state index in [1.165, 1.54) is 24.8 Å². The number of hydrogen-bond donors (Lipinski definition) is 0. The van der Waals surface area contributed by atoms with Gasteiger partial charge < -0.3 is 4.90 Å². The van der Waals surface area contributed by atoms with E-state index in [2.05, 4.69) is 13.0 Å². The summed E-state index contributed by atoms with van der Waals surface area (Å²) in [5.74, 6) is 0.253.